The minimum atomic E-state index is -3.92. The lowest BCUT2D eigenvalue weighted by Crippen LogP contribution is -2.31. The van der Waals surface area contributed by atoms with E-state index in [2.05, 4.69) is 11.6 Å². The van der Waals surface area contributed by atoms with E-state index in [1.165, 1.54) is 6.07 Å². The fourth-order valence-corrected chi connectivity index (χ4v) is 4.12. The molecule has 1 saturated carbocycles. The third kappa shape index (κ3) is 3.74. The molecule has 3 N–H and O–H groups in total. The molecule has 2 rings (SSSR count). The van der Waals surface area contributed by atoms with E-state index < -0.39 is 20.7 Å². The standard InChI is InChI=1S/C14H20ClFN2O2S/c1-2-3-14(4-5-14)9-18-21(19,20)12-7-11(15)6-10(8-17)13(12)16/h6-7,18H,2-5,8-9,17H2,1H3. The van der Waals surface area contributed by atoms with Crippen LogP contribution in [-0.2, 0) is 16.6 Å². The van der Waals surface area contributed by atoms with Gasteiger partial charge in [-0.05, 0) is 36.8 Å². The molecule has 0 aliphatic heterocycles. The lowest BCUT2D eigenvalue weighted by molar-refractivity contribution is 0.448. The summed E-state index contributed by atoms with van der Waals surface area (Å²) in [7, 11) is -3.92. The van der Waals surface area contributed by atoms with Gasteiger partial charge < -0.3 is 5.73 Å². The van der Waals surface area contributed by atoms with Crippen molar-refractivity contribution in [3.05, 3.63) is 28.5 Å². The molecular formula is C14H20ClFN2O2S. The van der Waals surface area contributed by atoms with Crippen molar-refractivity contribution in [3.63, 3.8) is 0 Å². The minimum Gasteiger partial charge on any atom is -0.326 e. The smallest absolute Gasteiger partial charge is 0.243 e. The van der Waals surface area contributed by atoms with Crippen LogP contribution in [0, 0.1) is 11.2 Å². The first-order valence-electron chi connectivity index (χ1n) is 7.01. The molecule has 0 radical (unpaired) electrons. The fourth-order valence-electron chi connectivity index (χ4n) is 2.51. The van der Waals surface area contributed by atoms with Gasteiger partial charge in [-0.2, -0.15) is 0 Å². The molecule has 0 amide bonds. The summed E-state index contributed by atoms with van der Waals surface area (Å²) in [5.74, 6) is -0.824. The van der Waals surface area contributed by atoms with Crippen LogP contribution in [0.25, 0.3) is 0 Å². The minimum absolute atomic E-state index is 0.0492. The summed E-state index contributed by atoms with van der Waals surface area (Å²) in [5, 5.41) is 0.159. The molecule has 0 bridgehead atoms. The highest BCUT2D eigenvalue weighted by atomic mass is 35.5. The highest BCUT2D eigenvalue weighted by molar-refractivity contribution is 7.89. The number of hydrogen-bond acceptors (Lipinski definition) is 3. The predicted octanol–water partition coefficient (Wildman–Crippen LogP) is 2.80. The Morgan fingerprint density at radius 1 is 1.43 bits per heavy atom. The second-order valence-corrected chi connectivity index (χ2v) is 7.83. The van der Waals surface area contributed by atoms with Gasteiger partial charge in [0.25, 0.3) is 0 Å². The quantitative estimate of drug-likeness (QED) is 0.805. The number of nitrogens with two attached hydrogens (primary N) is 1. The summed E-state index contributed by atoms with van der Waals surface area (Å²) >= 11 is 5.84. The molecule has 0 atom stereocenters. The third-order valence-electron chi connectivity index (χ3n) is 3.96. The van der Waals surface area contributed by atoms with Crippen LogP contribution in [0.5, 0.6) is 0 Å². The Labute approximate surface area is 129 Å². The number of benzene rings is 1. The molecule has 1 fully saturated rings. The molecule has 1 aromatic carbocycles. The van der Waals surface area contributed by atoms with Crippen LogP contribution in [0.3, 0.4) is 0 Å². The number of sulfonamides is 1. The van der Waals surface area contributed by atoms with Gasteiger partial charge in [0.2, 0.25) is 10.0 Å². The molecule has 1 aliphatic rings. The van der Waals surface area contributed by atoms with Crippen molar-refractivity contribution in [1.82, 2.24) is 4.72 Å². The van der Waals surface area contributed by atoms with Gasteiger partial charge in [-0.3, -0.25) is 0 Å². The second kappa shape index (κ2) is 6.20. The van der Waals surface area contributed by atoms with E-state index in [4.69, 9.17) is 17.3 Å². The molecule has 118 valence electrons. The summed E-state index contributed by atoms with van der Waals surface area (Å²) < 4.78 is 41.3. The van der Waals surface area contributed by atoms with E-state index in [9.17, 15) is 12.8 Å². The highest BCUT2D eigenvalue weighted by Crippen LogP contribution is 2.49. The zero-order valence-electron chi connectivity index (χ0n) is 12.0. The summed E-state index contributed by atoms with van der Waals surface area (Å²) in [6.07, 6.45) is 4.00. The summed E-state index contributed by atoms with van der Waals surface area (Å²) in [4.78, 5) is -0.428. The maximum absolute atomic E-state index is 14.2. The number of hydrogen-bond donors (Lipinski definition) is 2. The molecule has 1 aromatic rings. The van der Waals surface area contributed by atoms with Gasteiger partial charge >= 0.3 is 0 Å². The molecule has 21 heavy (non-hydrogen) atoms. The highest BCUT2D eigenvalue weighted by Gasteiger charge is 2.42. The van der Waals surface area contributed by atoms with Crippen molar-refractivity contribution in [3.8, 4) is 0 Å². The third-order valence-corrected chi connectivity index (χ3v) is 5.58. The van der Waals surface area contributed by atoms with Crippen LogP contribution in [0.1, 0.15) is 38.2 Å². The fraction of sp³-hybridized carbons (Fsp3) is 0.571. The van der Waals surface area contributed by atoms with Crippen LogP contribution < -0.4 is 10.5 Å². The molecule has 4 nitrogen and oxygen atoms in total. The Hall–Kier alpha value is -0.690. The van der Waals surface area contributed by atoms with E-state index in [0.717, 1.165) is 31.7 Å². The molecule has 0 unspecified atom stereocenters. The monoisotopic (exact) mass is 334 g/mol. The van der Waals surface area contributed by atoms with Crippen LogP contribution in [0.4, 0.5) is 4.39 Å². The number of rotatable bonds is 7. The van der Waals surface area contributed by atoms with Crippen molar-refractivity contribution in [1.29, 1.82) is 0 Å². The molecule has 1 aliphatic carbocycles. The van der Waals surface area contributed by atoms with Crippen LogP contribution in [0.2, 0.25) is 5.02 Å². The lowest BCUT2D eigenvalue weighted by atomic mass is 10.0. The van der Waals surface area contributed by atoms with E-state index in [-0.39, 0.29) is 22.5 Å². The van der Waals surface area contributed by atoms with Crippen LogP contribution in [0.15, 0.2) is 17.0 Å². The van der Waals surface area contributed by atoms with Gasteiger partial charge in [-0.25, -0.2) is 17.5 Å². The van der Waals surface area contributed by atoms with Crippen LogP contribution in [-0.4, -0.2) is 15.0 Å². The molecule has 0 aromatic heterocycles. The first kappa shape index (κ1) is 16.7. The molecule has 0 spiro atoms. The Balaban J connectivity index is 2.22. The van der Waals surface area contributed by atoms with Gasteiger partial charge in [0.05, 0.1) is 0 Å². The Kier molecular flexibility index (Phi) is 4.92. The summed E-state index contributed by atoms with van der Waals surface area (Å²) in [5.41, 5.74) is 5.55. The second-order valence-electron chi connectivity index (χ2n) is 5.66. The van der Waals surface area contributed by atoms with Gasteiger partial charge in [-0.15, -0.1) is 0 Å². The molecular weight excluding hydrogens is 315 g/mol. The molecule has 0 heterocycles. The van der Waals surface area contributed by atoms with E-state index in [1.807, 2.05) is 0 Å². The number of nitrogens with one attached hydrogen (secondary N) is 1. The van der Waals surface area contributed by atoms with Gasteiger partial charge in [-0.1, -0.05) is 24.9 Å². The van der Waals surface area contributed by atoms with E-state index in [0.29, 0.717) is 6.54 Å². The normalized spacial score (nSPS) is 17.0. The molecule has 0 saturated heterocycles. The van der Waals surface area contributed by atoms with Crippen molar-refractivity contribution in [2.24, 2.45) is 11.1 Å². The zero-order chi connectivity index (χ0) is 15.7. The summed E-state index contributed by atoms with van der Waals surface area (Å²) in [6.45, 7) is 2.31. The maximum Gasteiger partial charge on any atom is 0.243 e. The Morgan fingerprint density at radius 2 is 2.10 bits per heavy atom. The van der Waals surface area contributed by atoms with Crippen LogP contribution >= 0.6 is 11.6 Å². The Morgan fingerprint density at radius 3 is 2.62 bits per heavy atom. The van der Waals surface area contributed by atoms with Crippen molar-refractivity contribution >= 4 is 21.6 Å². The Bertz CT molecular complexity index is 630. The van der Waals surface area contributed by atoms with Crippen molar-refractivity contribution in [2.75, 3.05) is 6.54 Å². The van der Waals surface area contributed by atoms with Gasteiger partial charge in [0.1, 0.15) is 10.7 Å². The zero-order valence-corrected chi connectivity index (χ0v) is 13.5. The molecule has 7 heteroatoms. The van der Waals surface area contributed by atoms with Crippen molar-refractivity contribution in [2.45, 2.75) is 44.0 Å². The number of halogens is 2. The van der Waals surface area contributed by atoms with Gasteiger partial charge in [0, 0.05) is 23.7 Å². The lowest BCUT2D eigenvalue weighted by Gasteiger charge is -2.16. The largest absolute Gasteiger partial charge is 0.326 e. The first-order chi connectivity index (χ1) is 9.83. The average Bonchev–Trinajstić information content (AvgIpc) is 3.19. The van der Waals surface area contributed by atoms with E-state index in [1.54, 1.807) is 0 Å². The van der Waals surface area contributed by atoms with Gasteiger partial charge in [0.15, 0.2) is 0 Å². The predicted molar refractivity (Wildman–Crippen MR) is 81.1 cm³/mol. The average molecular weight is 335 g/mol. The first-order valence-corrected chi connectivity index (χ1v) is 8.87. The SMILES string of the molecule is CCCC1(CNS(=O)(=O)c2cc(Cl)cc(CN)c2F)CC1. The maximum atomic E-state index is 14.2. The van der Waals surface area contributed by atoms with Crippen molar-refractivity contribution < 1.29 is 12.8 Å². The summed E-state index contributed by atoms with van der Waals surface area (Å²) in [6, 6.07) is 2.47. The van der Waals surface area contributed by atoms with E-state index >= 15 is 0 Å². The topological polar surface area (TPSA) is 72.2 Å².